The van der Waals surface area contributed by atoms with Gasteiger partial charge >= 0.3 is 0 Å². The highest BCUT2D eigenvalue weighted by Crippen LogP contribution is 2.33. The van der Waals surface area contributed by atoms with Crippen molar-refractivity contribution in [3.63, 3.8) is 0 Å². The van der Waals surface area contributed by atoms with Crippen molar-refractivity contribution >= 4 is 15.9 Å². The van der Waals surface area contributed by atoms with Crippen molar-refractivity contribution in [2.24, 2.45) is 5.92 Å². The summed E-state index contributed by atoms with van der Waals surface area (Å²) in [6.07, 6.45) is 4.23. The van der Waals surface area contributed by atoms with Gasteiger partial charge in [0.25, 0.3) is 0 Å². The lowest BCUT2D eigenvalue weighted by atomic mass is 10.1. The quantitative estimate of drug-likeness (QED) is 0.859. The molecule has 0 heterocycles. The minimum Gasteiger partial charge on any atom is -0.310 e. The van der Waals surface area contributed by atoms with Crippen LogP contribution in [0.4, 0.5) is 0 Å². The van der Waals surface area contributed by atoms with Gasteiger partial charge in [-0.2, -0.15) is 0 Å². The third kappa shape index (κ3) is 3.60. The van der Waals surface area contributed by atoms with Gasteiger partial charge in [-0.3, -0.25) is 0 Å². The topological polar surface area (TPSA) is 12.0 Å². The molecule has 0 radical (unpaired) electrons. The van der Waals surface area contributed by atoms with Crippen LogP contribution in [0, 0.1) is 12.8 Å². The van der Waals surface area contributed by atoms with E-state index >= 15 is 0 Å². The van der Waals surface area contributed by atoms with Crippen LogP contribution in [0.1, 0.15) is 37.3 Å². The van der Waals surface area contributed by atoms with E-state index in [9.17, 15) is 0 Å². The number of hydrogen-bond acceptors (Lipinski definition) is 1. The zero-order valence-electron chi connectivity index (χ0n) is 10.1. The van der Waals surface area contributed by atoms with Crippen LogP contribution in [0.2, 0.25) is 0 Å². The van der Waals surface area contributed by atoms with Gasteiger partial charge in [0.15, 0.2) is 0 Å². The monoisotopic (exact) mass is 281 g/mol. The molecule has 1 saturated carbocycles. The number of nitrogens with one attached hydrogen (secondary N) is 1. The van der Waals surface area contributed by atoms with Crippen molar-refractivity contribution in [1.29, 1.82) is 0 Å². The Morgan fingerprint density at radius 3 is 2.81 bits per heavy atom. The predicted molar refractivity (Wildman–Crippen MR) is 72.5 cm³/mol. The van der Waals surface area contributed by atoms with E-state index in [-0.39, 0.29) is 0 Å². The van der Waals surface area contributed by atoms with Gasteiger partial charge in [-0.05, 0) is 43.4 Å². The Hall–Kier alpha value is -0.340. The molecule has 0 aliphatic heterocycles. The van der Waals surface area contributed by atoms with E-state index in [0.29, 0.717) is 6.04 Å². The SMILES string of the molecule is Cc1ccc(CNC(C)CC2CC2)c(Br)c1. The standard InChI is InChI=1S/C14H20BrN/c1-10-3-6-13(14(15)7-10)9-16-11(2)8-12-4-5-12/h3,6-7,11-12,16H,4-5,8-9H2,1-2H3. The summed E-state index contributed by atoms with van der Waals surface area (Å²) in [7, 11) is 0. The van der Waals surface area contributed by atoms with E-state index in [4.69, 9.17) is 0 Å². The minimum absolute atomic E-state index is 0.640. The Bertz CT molecular complexity index is 358. The second-order valence-corrected chi connectivity index (χ2v) is 5.91. The molecule has 0 spiro atoms. The molecule has 16 heavy (non-hydrogen) atoms. The molecule has 0 bridgehead atoms. The van der Waals surface area contributed by atoms with Crippen molar-refractivity contribution in [3.8, 4) is 0 Å². The molecule has 1 unspecified atom stereocenters. The molecule has 0 saturated heterocycles. The van der Waals surface area contributed by atoms with Crippen molar-refractivity contribution < 1.29 is 0 Å². The first-order chi connectivity index (χ1) is 7.65. The molecule has 1 atom stereocenters. The lowest BCUT2D eigenvalue weighted by molar-refractivity contribution is 0.487. The minimum atomic E-state index is 0.640. The van der Waals surface area contributed by atoms with Crippen LogP contribution in [0.5, 0.6) is 0 Å². The summed E-state index contributed by atoms with van der Waals surface area (Å²) in [5.74, 6) is 1.00. The maximum absolute atomic E-state index is 3.62. The largest absolute Gasteiger partial charge is 0.310 e. The summed E-state index contributed by atoms with van der Waals surface area (Å²) in [5, 5.41) is 3.60. The highest BCUT2D eigenvalue weighted by molar-refractivity contribution is 9.10. The Morgan fingerprint density at radius 2 is 2.19 bits per heavy atom. The summed E-state index contributed by atoms with van der Waals surface area (Å²) < 4.78 is 1.22. The summed E-state index contributed by atoms with van der Waals surface area (Å²) in [4.78, 5) is 0. The zero-order valence-corrected chi connectivity index (χ0v) is 11.7. The summed E-state index contributed by atoms with van der Waals surface area (Å²) in [6, 6.07) is 7.20. The van der Waals surface area contributed by atoms with Crippen LogP contribution < -0.4 is 5.32 Å². The first-order valence-electron chi connectivity index (χ1n) is 6.13. The van der Waals surface area contributed by atoms with E-state index in [0.717, 1.165) is 12.5 Å². The van der Waals surface area contributed by atoms with Crippen molar-refractivity contribution in [2.75, 3.05) is 0 Å². The number of aryl methyl sites for hydroxylation is 1. The average molecular weight is 282 g/mol. The van der Waals surface area contributed by atoms with Gasteiger partial charge in [0.2, 0.25) is 0 Å². The molecule has 1 aliphatic rings. The highest BCUT2D eigenvalue weighted by Gasteiger charge is 2.23. The Morgan fingerprint density at radius 1 is 1.44 bits per heavy atom. The van der Waals surface area contributed by atoms with Gasteiger partial charge in [0.1, 0.15) is 0 Å². The second kappa shape index (κ2) is 5.33. The summed E-state index contributed by atoms with van der Waals surface area (Å²) >= 11 is 3.62. The Balaban J connectivity index is 1.83. The molecular weight excluding hydrogens is 262 g/mol. The normalized spacial score (nSPS) is 17.4. The lowest BCUT2D eigenvalue weighted by Gasteiger charge is -2.14. The lowest BCUT2D eigenvalue weighted by Crippen LogP contribution is -2.26. The molecule has 1 fully saturated rings. The molecule has 1 N–H and O–H groups in total. The maximum atomic E-state index is 3.62. The molecular formula is C14H20BrN. The van der Waals surface area contributed by atoms with E-state index in [2.05, 4.69) is 53.3 Å². The number of halogens is 1. The van der Waals surface area contributed by atoms with Gasteiger partial charge in [-0.25, -0.2) is 0 Å². The van der Waals surface area contributed by atoms with Crippen LogP contribution in [-0.2, 0) is 6.54 Å². The average Bonchev–Trinajstić information content (AvgIpc) is 3.00. The van der Waals surface area contributed by atoms with Crippen LogP contribution >= 0.6 is 15.9 Å². The second-order valence-electron chi connectivity index (χ2n) is 5.06. The third-order valence-corrected chi connectivity index (χ3v) is 3.97. The van der Waals surface area contributed by atoms with E-state index < -0.39 is 0 Å². The molecule has 2 heteroatoms. The van der Waals surface area contributed by atoms with Crippen LogP contribution in [0.25, 0.3) is 0 Å². The van der Waals surface area contributed by atoms with E-state index in [1.165, 1.54) is 34.9 Å². The first kappa shape index (κ1) is 12.1. The van der Waals surface area contributed by atoms with Gasteiger partial charge in [0, 0.05) is 17.1 Å². The highest BCUT2D eigenvalue weighted by atomic mass is 79.9. The molecule has 1 nitrogen and oxygen atoms in total. The van der Waals surface area contributed by atoms with E-state index in [1.54, 1.807) is 0 Å². The first-order valence-corrected chi connectivity index (χ1v) is 6.93. The maximum Gasteiger partial charge on any atom is 0.0222 e. The van der Waals surface area contributed by atoms with Crippen molar-refractivity contribution in [3.05, 3.63) is 33.8 Å². The van der Waals surface area contributed by atoms with Crippen molar-refractivity contribution in [2.45, 2.75) is 45.7 Å². The molecule has 0 aromatic heterocycles. The zero-order chi connectivity index (χ0) is 11.5. The molecule has 2 rings (SSSR count). The Labute approximate surface area is 107 Å². The fourth-order valence-corrected chi connectivity index (χ4v) is 2.65. The molecule has 88 valence electrons. The van der Waals surface area contributed by atoms with Gasteiger partial charge in [0.05, 0.1) is 0 Å². The number of rotatable bonds is 5. The van der Waals surface area contributed by atoms with Crippen LogP contribution in [0.3, 0.4) is 0 Å². The molecule has 1 aromatic carbocycles. The molecule has 0 amide bonds. The predicted octanol–water partition coefficient (Wildman–Crippen LogP) is 4.04. The summed E-state index contributed by atoms with van der Waals surface area (Å²) in [5.41, 5.74) is 2.66. The van der Waals surface area contributed by atoms with E-state index in [1.807, 2.05) is 0 Å². The molecule has 1 aliphatic carbocycles. The fourth-order valence-electron chi connectivity index (χ4n) is 2.02. The third-order valence-electron chi connectivity index (χ3n) is 3.23. The van der Waals surface area contributed by atoms with Gasteiger partial charge in [-0.1, -0.05) is 40.9 Å². The number of benzene rings is 1. The smallest absolute Gasteiger partial charge is 0.0222 e. The van der Waals surface area contributed by atoms with Crippen LogP contribution in [0.15, 0.2) is 22.7 Å². The Kier molecular flexibility index (Phi) is 4.04. The summed E-state index contributed by atoms with van der Waals surface area (Å²) in [6.45, 7) is 5.38. The fraction of sp³-hybridized carbons (Fsp3) is 0.571. The van der Waals surface area contributed by atoms with Gasteiger partial charge < -0.3 is 5.32 Å². The van der Waals surface area contributed by atoms with Crippen molar-refractivity contribution in [1.82, 2.24) is 5.32 Å². The van der Waals surface area contributed by atoms with Crippen LogP contribution in [-0.4, -0.2) is 6.04 Å². The van der Waals surface area contributed by atoms with Gasteiger partial charge in [-0.15, -0.1) is 0 Å². The number of hydrogen-bond donors (Lipinski definition) is 1. The molecule has 1 aromatic rings.